The van der Waals surface area contributed by atoms with Crippen molar-refractivity contribution in [3.63, 3.8) is 0 Å². The van der Waals surface area contributed by atoms with E-state index in [0.717, 1.165) is 18.5 Å². The van der Waals surface area contributed by atoms with Gasteiger partial charge in [-0.15, -0.1) is 0 Å². The Kier molecular flexibility index (Phi) is 2.67. The first kappa shape index (κ1) is 11.1. The van der Waals surface area contributed by atoms with Gasteiger partial charge in [0.25, 0.3) is 0 Å². The van der Waals surface area contributed by atoms with Gasteiger partial charge in [0.1, 0.15) is 0 Å². The monoisotopic (exact) mass is 235 g/mol. The molecule has 18 heavy (non-hydrogen) atoms. The molecule has 0 aromatic heterocycles. The summed E-state index contributed by atoms with van der Waals surface area (Å²) < 4.78 is 0. The molecule has 3 rings (SSSR count). The molecule has 1 aliphatic rings. The molecule has 0 bridgehead atoms. The number of nitrogen functional groups attached to an aromatic ring is 1. The Balaban J connectivity index is 2.04. The standard InChI is InChI=1S/C17H17N/c1-12-4-2-3-5-13(12)10-14-6-7-15-11-16(18)8-9-17(14)15/h2-5,8-11H,6-7,18H2,1H3. The van der Waals surface area contributed by atoms with Crippen LogP contribution in [0.3, 0.4) is 0 Å². The van der Waals surface area contributed by atoms with E-state index in [1.807, 2.05) is 6.07 Å². The molecule has 2 N–H and O–H groups in total. The minimum absolute atomic E-state index is 0.867. The molecule has 1 nitrogen and oxygen atoms in total. The van der Waals surface area contributed by atoms with E-state index in [1.165, 1.54) is 27.8 Å². The van der Waals surface area contributed by atoms with Crippen LogP contribution in [0.2, 0.25) is 0 Å². The van der Waals surface area contributed by atoms with E-state index < -0.39 is 0 Å². The SMILES string of the molecule is Cc1ccccc1C=C1CCc2cc(N)ccc21. The maximum Gasteiger partial charge on any atom is 0.0317 e. The molecular formula is C17H17N. The highest BCUT2D eigenvalue weighted by Gasteiger charge is 2.16. The Labute approximate surface area is 108 Å². The maximum atomic E-state index is 5.83. The lowest BCUT2D eigenvalue weighted by molar-refractivity contribution is 1.08. The predicted molar refractivity (Wildman–Crippen MR) is 78.2 cm³/mol. The van der Waals surface area contributed by atoms with E-state index in [9.17, 15) is 0 Å². The van der Waals surface area contributed by atoms with E-state index in [0.29, 0.717) is 0 Å². The zero-order valence-electron chi connectivity index (χ0n) is 10.6. The molecular weight excluding hydrogens is 218 g/mol. The van der Waals surface area contributed by atoms with Gasteiger partial charge in [0.05, 0.1) is 0 Å². The number of anilines is 1. The minimum Gasteiger partial charge on any atom is -0.399 e. The van der Waals surface area contributed by atoms with Crippen molar-refractivity contribution >= 4 is 17.3 Å². The molecule has 0 amide bonds. The average Bonchev–Trinajstić information content (AvgIpc) is 2.74. The summed E-state index contributed by atoms with van der Waals surface area (Å²) in [5, 5.41) is 0. The zero-order chi connectivity index (χ0) is 12.5. The van der Waals surface area contributed by atoms with Crippen molar-refractivity contribution in [1.82, 2.24) is 0 Å². The van der Waals surface area contributed by atoms with Crippen molar-refractivity contribution in [3.05, 3.63) is 64.7 Å². The van der Waals surface area contributed by atoms with Gasteiger partial charge in [-0.1, -0.05) is 36.4 Å². The van der Waals surface area contributed by atoms with Crippen LogP contribution in [0.15, 0.2) is 42.5 Å². The lowest BCUT2D eigenvalue weighted by Gasteiger charge is -2.04. The normalized spacial score (nSPS) is 15.9. The second kappa shape index (κ2) is 4.34. The van der Waals surface area contributed by atoms with Gasteiger partial charge >= 0.3 is 0 Å². The van der Waals surface area contributed by atoms with Gasteiger partial charge in [-0.05, 0) is 59.7 Å². The third-order valence-corrected chi connectivity index (χ3v) is 3.66. The van der Waals surface area contributed by atoms with Gasteiger partial charge in [-0.3, -0.25) is 0 Å². The Bertz CT molecular complexity index is 623. The van der Waals surface area contributed by atoms with E-state index >= 15 is 0 Å². The van der Waals surface area contributed by atoms with E-state index in [4.69, 9.17) is 5.73 Å². The first-order chi connectivity index (χ1) is 8.74. The van der Waals surface area contributed by atoms with Crippen molar-refractivity contribution in [2.75, 3.05) is 5.73 Å². The fourth-order valence-corrected chi connectivity index (χ4v) is 2.62. The number of aryl methyl sites for hydroxylation is 2. The molecule has 1 heteroatoms. The van der Waals surface area contributed by atoms with E-state index in [-0.39, 0.29) is 0 Å². The zero-order valence-corrected chi connectivity index (χ0v) is 10.6. The Morgan fingerprint density at radius 3 is 2.72 bits per heavy atom. The average molecular weight is 235 g/mol. The highest BCUT2D eigenvalue weighted by molar-refractivity contribution is 5.86. The summed E-state index contributed by atoms with van der Waals surface area (Å²) in [5.74, 6) is 0. The van der Waals surface area contributed by atoms with Gasteiger partial charge in [0.15, 0.2) is 0 Å². The third kappa shape index (κ3) is 1.92. The van der Waals surface area contributed by atoms with Gasteiger partial charge in [-0.2, -0.15) is 0 Å². The van der Waals surface area contributed by atoms with Crippen LogP contribution in [0.25, 0.3) is 11.6 Å². The molecule has 90 valence electrons. The largest absolute Gasteiger partial charge is 0.399 e. The molecule has 0 unspecified atom stereocenters. The summed E-state index contributed by atoms with van der Waals surface area (Å²) in [6.07, 6.45) is 4.54. The summed E-state index contributed by atoms with van der Waals surface area (Å²) in [6.45, 7) is 2.16. The second-order valence-electron chi connectivity index (χ2n) is 4.94. The van der Waals surface area contributed by atoms with Crippen molar-refractivity contribution in [2.45, 2.75) is 19.8 Å². The molecule has 2 aromatic carbocycles. The van der Waals surface area contributed by atoms with Crippen LogP contribution in [0.4, 0.5) is 5.69 Å². The molecule has 0 fully saturated rings. The number of allylic oxidation sites excluding steroid dienone is 1. The summed E-state index contributed by atoms with van der Waals surface area (Å²) in [6, 6.07) is 14.8. The highest BCUT2D eigenvalue weighted by atomic mass is 14.5. The van der Waals surface area contributed by atoms with Crippen molar-refractivity contribution < 1.29 is 0 Å². The molecule has 0 radical (unpaired) electrons. The topological polar surface area (TPSA) is 26.0 Å². The van der Waals surface area contributed by atoms with E-state index in [1.54, 1.807) is 0 Å². The van der Waals surface area contributed by atoms with Crippen LogP contribution in [0.1, 0.15) is 28.7 Å². The van der Waals surface area contributed by atoms with Crippen LogP contribution < -0.4 is 5.73 Å². The summed E-state index contributed by atoms with van der Waals surface area (Å²) >= 11 is 0. The Morgan fingerprint density at radius 2 is 1.89 bits per heavy atom. The van der Waals surface area contributed by atoms with Gasteiger partial charge in [0.2, 0.25) is 0 Å². The summed E-state index contributed by atoms with van der Waals surface area (Å²) in [5.41, 5.74) is 13.5. The number of benzene rings is 2. The second-order valence-corrected chi connectivity index (χ2v) is 4.94. The van der Waals surface area contributed by atoms with Gasteiger partial charge in [-0.25, -0.2) is 0 Å². The van der Waals surface area contributed by atoms with Crippen LogP contribution in [-0.4, -0.2) is 0 Å². The molecule has 0 saturated carbocycles. The Hall–Kier alpha value is -2.02. The van der Waals surface area contributed by atoms with Crippen molar-refractivity contribution in [1.29, 1.82) is 0 Å². The lowest BCUT2D eigenvalue weighted by atomic mass is 10.0. The highest BCUT2D eigenvalue weighted by Crippen LogP contribution is 2.34. The van der Waals surface area contributed by atoms with Gasteiger partial charge < -0.3 is 5.73 Å². The third-order valence-electron chi connectivity index (χ3n) is 3.66. The maximum absolute atomic E-state index is 5.83. The van der Waals surface area contributed by atoms with Crippen LogP contribution in [0, 0.1) is 6.92 Å². The molecule has 0 saturated heterocycles. The quantitative estimate of drug-likeness (QED) is 0.741. The first-order valence-corrected chi connectivity index (χ1v) is 6.39. The molecule has 1 aliphatic carbocycles. The smallest absolute Gasteiger partial charge is 0.0317 e. The molecule has 0 spiro atoms. The number of hydrogen-bond donors (Lipinski definition) is 1. The van der Waals surface area contributed by atoms with Crippen LogP contribution in [-0.2, 0) is 6.42 Å². The number of nitrogens with two attached hydrogens (primary N) is 1. The van der Waals surface area contributed by atoms with Crippen LogP contribution >= 0.6 is 0 Å². The molecule has 0 heterocycles. The fraction of sp³-hybridized carbons (Fsp3) is 0.176. The number of hydrogen-bond acceptors (Lipinski definition) is 1. The fourth-order valence-electron chi connectivity index (χ4n) is 2.62. The predicted octanol–water partition coefficient (Wildman–Crippen LogP) is 4.06. The van der Waals surface area contributed by atoms with Crippen LogP contribution in [0.5, 0.6) is 0 Å². The summed E-state index contributed by atoms with van der Waals surface area (Å²) in [7, 11) is 0. The molecule has 0 atom stereocenters. The number of rotatable bonds is 1. The Morgan fingerprint density at radius 1 is 1.06 bits per heavy atom. The van der Waals surface area contributed by atoms with Crippen molar-refractivity contribution in [3.8, 4) is 0 Å². The first-order valence-electron chi connectivity index (χ1n) is 6.39. The number of fused-ring (bicyclic) bond motifs is 1. The molecule has 0 aliphatic heterocycles. The minimum atomic E-state index is 0.867. The lowest BCUT2D eigenvalue weighted by Crippen LogP contribution is -1.88. The summed E-state index contributed by atoms with van der Waals surface area (Å²) in [4.78, 5) is 0. The van der Waals surface area contributed by atoms with E-state index in [2.05, 4.69) is 49.4 Å². The molecule has 2 aromatic rings. The van der Waals surface area contributed by atoms with Crippen molar-refractivity contribution in [2.24, 2.45) is 0 Å². The van der Waals surface area contributed by atoms with Gasteiger partial charge in [0, 0.05) is 5.69 Å².